The van der Waals surface area contributed by atoms with Crippen LogP contribution >= 0.6 is 0 Å². The van der Waals surface area contributed by atoms with Gasteiger partial charge in [0.25, 0.3) is 0 Å². The van der Waals surface area contributed by atoms with E-state index in [0.717, 1.165) is 12.8 Å². The average Bonchev–Trinajstić information content (AvgIpc) is 2.30. The molecule has 2 aliphatic rings. The molecule has 0 bridgehead atoms. The minimum absolute atomic E-state index is 0.0479. The van der Waals surface area contributed by atoms with Crippen LogP contribution in [0, 0.1) is 11.8 Å². The SMILES string of the molecule is O=C(C1C=C[C@@H](O)CC1)[C@@H]1C=CC(O)CC1. The Hall–Kier alpha value is -0.930. The molecule has 0 aliphatic heterocycles. The summed E-state index contributed by atoms with van der Waals surface area (Å²) in [5, 5.41) is 18.6. The number of hydrogen-bond donors (Lipinski definition) is 2. The summed E-state index contributed by atoms with van der Waals surface area (Å²) in [6, 6.07) is 0. The summed E-state index contributed by atoms with van der Waals surface area (Å²) in [5.41, 5.74) is 0. The maximum atomic E-state index is 12.1. The Labute approximate surface area is 95.5 Å². The second-order valence-corrected chi connectivity index (χ2v) is 4.67. The second kappa shape index (κ2) is 4.93. The van der Waals surface area contributed by atoms with Crippen molar-refractivity contribution in [1.82, 2.24) is 0 Å². The van der Waals surface area contributed by atoms with Crippen molar-refractivity contribution in [2.24, 2.45) is 11.8 Å². The van der Waals surface area contributed by atoms with Gasteiger partial charge >= 0.3 is 0 Å². The molecule has 0 aromatic rings. The Balaban J connectivity index is 1.98. The van der Waals surface area contributed by atoms with Gasteiger partial charge in [-0.1, -0.05) is 24.3 Å². The lowest BCUT2D eigenvalue weighted by atomic mass is 9.81. The molecular formula is C13H18O3. The van der Waals surface area contributed by atoms with Crippen molar-refractivity contribution in [3.63, 3.8) is 0 Å². The van der Waals surface area contributed by atoms with Crippen LogP contribution in [0.3, 0.4) is 0 Å². The van der Waals surface area contributed by atoms with Gasteiger partial charge < -0.3 is 10.2 Å². The maximum Gasteiger partial charge on any atom is 0.146 e. The summed E-state index contributed by atoms with van der Waals surface area (Å²) in [7, 11) is 0. The Kier molecular flexibility index (Phi) is 3.56. The number of allylic oxidation sites excluding steroid dienone is 2. The third kappa shape index (κ3) is 2.60. The monoisotopic (exact) mass is 222 g/mol. The van der Waals surface area contributed by atoms with Gasteiger partial charge in [0.15, 0.2) is 0 Å². The summed E-state index contributed by atoms with van der Waals surface area (Å²) in [4.78, 5) is 12.1. The molecule has 2 rings (SSSR count). The highest BCUT2D eigenvalue weighted by Gasteiger charge is 2.27. The van der Waals surface area contributed by atoms with Gasteiger partial charge in [0, 0.05) is 11.8 Å². The molecular weight excluding hydrogens is 204 g/mol. The molecule has 0 fully saturated rings. The van der Waals surface area contributed by atoms with Crippen molar-refractivity contribution in [2.75, 3.05) is 0 Å². The number of carbonyl (C=O) groups excluding carboxylic acids is 1. The highest BCUT2D eigenvalue weighted by molar-refractivity contribution is 5.86. The van der Waals surface area contributed by atoms with Crippen LogP contribution < -0.4 is 0 Å². The smallest absolute Gasteiger partial charge is 0.146 e. The molecule has 2 N–H and O–H groups in total. The van der Waals surface area contributed by atoms with Gasteiger partial charge in [-0.25, -0.2) is 0 Å². The number of aliphatic hydroxyl groups excluding tert-OH is 2. The van der Waals surface area contributed by atoms with Crippen LogP contribution in [0.15, 0.2) is 24.3 Å². The first kappa shape index (κ1) is 11.6. The van der Waals surface area contributed by atoms with Crippen molar-refractivity contribution in [3.8, 4) is 0 Å². The standard InChI is InChI=1S/C13H18O3/c14-11-5-1-9(2-6-11)13(16)10-3-7-12(15)8-4-10/h1,3,5,7,9-12,14-15H,2,4,6,8H2/t9-,10?,11?,12-/m1/s1. The van der Waals surface area contributed by atoms with E-state index in [4.69, 9.17) is 0 Å². The number of rotatable bonds is 2. The molecule has 0 amide bonds. The Morgan fingerprint density at radius 3 is 1.56 bits per heavy atom. The fourth-order valence-electron chi connectivity index (χ4n) is 2.36. The molecule has 0 aromatic heterocycles. The number of Topliss-reactive ketones (excluding diaryl/α,β-unsaturated/α-hetero) is 1. The number of aliphatic hydroxyl groups is 2. The zero-order valence-corrected chi connectivity index (χ0v) is 9.25. The zero-order valence-electron chi connectivity index (χ0n) is 9.25. The normalized spacial score (nSPS) is 38.6. The quantitative estimate of drug-likeness (QED) is 0.690. The van der Waals surface area contributed by atoms with E-state index in [1.54, 1.807) is 12.2 Å². The van der Waals surface area contributed by atoms with Gasteiger partial charge in [-0.05, 0) is 25.7 Å². The van der Waals surface area contributed by atoms with Crippen LogP contribution in [0.2, 0.25) is 0 Å². The molecule has 3 nitrogen and oxygen atoms in total. The van der Waals surface area contributed by atoms with Crippen LogP contribution in [-0.4, -0.2) is 28.2 Å². The van der Waals surface area contributed by atoms with Crippen LogP contribution in [0.1, 0.15) is 25.7 Å². The number of ketones is 1. The summed E-state index contributed by atoms with van der Waals surface area (Å²) < 4.78 is 0. The van der Waals surface area contributed by atoms with Crippen molar-refractivity contribution < 1.29 is 15.0 Å². The predicted molar refractivity (Wildman–Crippen MR) is 60.7 cm³/mol. The maximum absolute atomic E-state index is 12.1. The fraction of sp³-hybridized carbons (Fsp3) is 0.615. The van der Waals surface area contributed by atoms with Gasteiger partial charge in [-0.3, -0.25) is 4.79 Å². The molecule has 0 heterocycles. The van der Waals surface area contributed by atoms with Gasteiger partial charge in [0.2, 0.25) is 0 Å². The second-order valence-electron chi connectivity index (χ2n) is 4.67. The van der Waals surface area contributed by atoms with Gasteiger partial charge in [0.1, 0.15) is 5.78 Å². The summed E-state index contributed by atoms with van der Waals surface area (Å²) in [5.74, 6) is 0.132. The van der Waals surface area contributed by atoms with E-state index in [1.165, 1.54) is 0 Å². The average molecular weight is 222 g/mol. The van der Waals surface area contributed by atoms with Crippen LogP contribution in [0.4, 0.5) is 0 Å². The Morgan fingerprint density at radius 1 is 0.812 bits per heavy atom. The highest BCUT2D eigenvalue weighted by atomic mass is 16.3. The first-order valence-corrected chi connectivity index (χ1v) is 5.93. The molecule has 3 heteroatoms. The summed E-state index contributed by atoms with van der Waals surface area (Å²) in [6.45, 7) is 0. The van der Waals surface area contributed by atoms with E-state index in [1.807, 2.05) is 12.2 Å². The summed E-state index contributed by atoms with van der Waals surface area (Å²) in [6.07, 6.45) is 9.15. The lowest BCUT2D eigenvalue weighted by molar-refractivity contribution is -0.124. The molecule has 2 aliphatic carbocycles. The largest absolute Gasteiger partial charge is 0.389 e. The lowest BCUT2D eigenvalue weighted by Crippen LogP contribution is -2.27. The first-order valence-electron chi connectivity index (χ1n) is 5.93. The predicted octanol–water partition coefficient (Wildman–Crippen LogP) is 1.21. The molecule has 0 aromatic carbocycles. The molecule has 88 valence electrons. The lowest BCUT2D eigenvalue weighted by Gasteiger charge is -2.24. The zero-order chi connectivity index (χ0) is 11.5. The van der Waals surface area contributed by atoms with E-state index >= 15 is 0 Å². The van der Waals surface area contributed by atoms with Crippen LogP contribution in [0.5, 0.6) is 0 Å². The van der Waals surface area contributed by atoms with Crippen LogP contribution in [-0.2, 0) is 4.79 Å². The van der Waals surface area contributed by atoms with Crippen LogP contribution in [0.25, 0.3) is 0 Å². The molecule has 0 saturated carbocycles. The van der Waals surface area contributed by atoms with E-state index in [0.29, 0.717) is 12.8 Å². The third-order valence-electron chi connectivity index (χ3n) is 3.41. The number of carbonyl (C=O) groups is 1. The Bertz CT molecular complexity index is 289. The molecule has 0 radical (unpaired) electrons. The van der Waals surface area contributed by atoms with E-state index in [2.05, 4.69) is 0 Å². The summed E-state index contributed by atoms with van der Waals surface area (Å²) >= 11 is 0. The van der Waals surface area contributed by atoms with E-state index in [-0.39, 0.29) is 29.8 Å². The number of hydrogen-bond acceptors (Lipinski definition) is 3. The third-order valence-corrected chi connectivity index (χ3v) is 3.41. The van der Waals surface area contributed by atoms with E-state index < -0.39 is 0 Å². The Morgan fingerprint density at radius 2 is 1.25 bits per heavy atom. The van der Waals surface area contributed by atoms with Gasteiger partial charge in [0.05, 0.1) is 12.2 Å². The topological polar surface area (TPSA) is 57.5 Å². The molecule has 4 atom stereocenters. The molecule has 16 heavy (non-hydrogen) atoms. The highest BCUT2D eigenvalue weighted by Crippen LogP contribution is 2.26. The van der Waals surface area contributed by atoms with Crippen molar-refractivity contribution in [1.29, 1.82) is 0 Å². The van der Waals surface area contributed by atoms with E-state index in [9.17, 15) is 15.0 Å². The first-order chi connectivity index (χ1) is 7.66. The van der Waals surface area contributed by atoms with Gasteiger partial charge in [-0.2, -0.15) is 0 Å². The fourth-order valence-corrected chi connectivity index (χ4v) is 2.36. The van der Waals surface area contributed by atoms with Crippen molar-refractivity contribution in [3.05, 3.63) is 24.3 Å². The van der Waals surface area contributed by atoms with Gasteiger partial charge in [-0.15, -0.1) is 0 Å². The molecule has 0 spiro atoms. The minimum atomic E-state index is -0.382. The minimum Gasteiger partial charge on any atom is -0.389 e. The van der Waals surface area contributed by atoms with Crippen molar-refractivity contribution >= 4 is 5.78 Å². The molecule has 2 unspecified atom stereocenters. The molecule has 0 saturated heterocycles. The van der Waals surface area contributed by atoms with Crippen molar-refractivity contribution in [2.45, 2.75) is 37.9 Å².